The van der Waals surface area contributed by atoms with Gasteiger partial charge in [0.2, 0.25) is 5.91 Å². The van der Waals surface area contributed by atoms with Gasteiger partial charge in [-0.1, -0.05) is 105 Å². The lowest BCUT2D eigenvalue weighted by Gasteiger charge is -2.21. The number of rotatable bonds is 19. The highest BCUT2D eigenvalue weighted by Crippen LogP contribution is 2.14. The van der Waals surface area contributed by atoms with E-state index in [1.807, 2.05) is 0 Å². The van der Waals surface area contributed by atoms with E-state index in [-0.39, 0.29) is 0 Å². The number of carbonyl (C=O) groups excluding carboxylic acids is 1. The van der Waals surface area contributed by atoms with Crippen LogP contribution in [0.3, 0.4) is 0 Å². The summed E-state index contributed by atoms with van der Waals surface area (Å²) < 4.78 is 0. The third-order valence-electron chi connectivity index (χ3n) is 5.26. The zero-order chi connectivity index (χ0) is 19.5. The first-order chi connectivity index (χ1) is 12.6. The lowest BCUT2D eigenvalue weighted by atomic mass is 10.0. The molecule has 0 aromatic heterocycles. The predicted octanol–water partition coefficient (Wildman–Crippen LogP) is 7.75. The minimum atomic E-state index is 0.377. The van der Waals surface area contributed by atoms with E-state index in [1.165, 1.54) is 77.0 Å². The van der Waals surface area contributed by atoms with Crippen molar-refractivity contribution in [3.63, 3.8) is 0 Å². The highest BCUT2D eigenvalue weighted by atomic mass is 16.2. The van der Waals surface area contributed by atoms with E-state index < -0.39 is 0 Å². The summed E-state index contributed by atoms with van der Waals surface area (Å²) in [6.07, 6.45) is 20.7. The van der Waals surface area contributed by atoms with E-state index in [2.05, 4.69) is 32.6 Å². The Morgan fingerprint density at radius 2 is 1.04 bits per heavy atom. The molecule has 0 aromatic rings. The van der Waals surface area contributed by atoms with Crippen molar-refractivity contribution >= 4 is 5.91 Å². The minimum Gasteiger partial charge on any atom is -0.343 e. The van der Waals surface area contributed by atoms with Crippen LogP contribution in [0.2, 0.25) is 0 Å². The molecule has 0 spiro atoms. The Bertz CT molecular complexity index is 295. The van der Waals surface area contributed by atoms with Gasteiger partial charge in [0.1, 0.15) is 0 Å². The van der Waals surface area contributed by atoms with Crippen LogP contribution in [0.25, 0.3) is 0 Å². The van der Waals surface area contributed by atoms with Crippen LogP contribution in [0.15, 0.2) is 0 Å². The van der Waals surface area contributed by atoms with Gasteiger partial charge in [0.15, 0.2) is 0 Å². The quantitative estimate of drug-likeness (QED) is 0.214. The fourth-order valence-electron chi connectivity index (χ4n) is 3.66. The maximum absolute atomic E-state index is 12.2. The van der Waals surface area contributed by atoms with Crippen LogP contribution in [0.1, 0.15) is 130 Å². The maximum Gasteiger partial charge on any atom is 0.222 e. The van der Waals surface area contributed by atoms with Crippen molar-refractivity contribution < 1.29 is 4.79 Å². The molecule has 0 heterocycles. The van der Waals surface area contributed by atoms with Crippen molar-refractivity contribution in [3.8, 4) is 0 Å². The first-order valence-corrected chi connectivity index (χ1v) is 11.9. The van der Waals surface area contributed by atoms with E-state index in [0.29, 0.717) is 5.91 Å². The SMILES string of the molecule is CCCN(CCC)C(=O)CCCCCCCCCCCCCCC(C)C. The molecule has 26 heavy (non-hydrogen) atoms. The van der Waals surface area contributed by atoms with Crippen LogP contribution in [0.5, 0.6) is 0 Å². The van der Waals surface area contributed by atoms with Gasteiger partial charge < -0.3 is 4.90 Å². The fourth-order valence-corrected chi connectivity index (χ4v) is 3.66. The number of nitrogens with zero attached hydrogens (tertiary/aromatic N) is 1. The molecule has 2 heteroatoms. The zero-order valence-electron chi connectivity index (χ0n) is 18.7. The predicted molar refractivity (Wildman–Crippen MR) is 117 cm³/mol. The highest BCUT2D eigenvalue weighted by molar-refractivity contribution is 5.76. The molecule has 0 bridgehead atoms. The summed E-state index contributed by atoms with van der Waals surface area (Å²) in [5.41, 5.74) is 0. The summed E-state index contributed by atoms with van der Waals surface area (Å²) >= 11 is 0. The fraction of sp³-hybridized carbons (Fsp3) is 0.958. The van der Waals surface area contributed by atoms with Gasteiger partial charge in [-0.15, -0.1) is 0 Å². The molecule has 0 radical (unpaired) electrons. The van der Waals surface area contributed by atoms with Gasteiger partial charge in [-0.05, 0) is 25.2 Å². The summed E-state index contributed by atoms with van der Waals surface area (Å²) in [4.78, 5) is 14.2. The largest absolute Gasteiger partial charge is 0.343 e. The second-order valence-electron chi connectivity index (χ2n) is 8.56. The van der Waals surface area contributed by atoms with Gasteiger partial charge in [-0.25, -0.2) is 0 Å². The normalized spacial score (nSPS) is 11.3. The number of amides is 1. The van der Waals surface area contributed by atoms with Crippen LogP contribution in [0.4, 0.5) is 0 Å². The van der Waals surface area contributed by atoms with E-state index in [4.69, 9.17) is 0 Å². The van der Waals surface area contributed by atoms with Crippen molar-refractivity contribution in [2.75, 3.05) is 13.1 Å². The summed E-state index contributed by atoms with van der Waals surface area (Å²) in [5, 5.41) is 0. The molecule has 0 fully saturated rings. The Morgan fingerprint density at radius 1 is 0.654 bits per heavy atom. The molecular weight excluding hydrogens is 318 g/mol. The van der Waals surface area contributed by atoms with Crippen LogP contribution in [-0.2, 0) is 4.79 Å². The first-order valence-electron chi connectivity index (χ1n) is 11.9. The minimum absolute atomic E-state index is 0.377. The molecular formula is C24H49NO. The molecule has 0 saturated heterocycles. The van der Waals surface area contributed by atoms with Crippen LogP contribution in [-0.4, -0.2) is 23.9 Å². The zero-order valence-corrected chi connectivity index (χ0v) is 18.7. The van der Waals surface area contributed by atoms with Crippen molar-refractivity contribution in [2.45, 2.75) is 130 Å². The van der Waals surface area contributed by atoms with Crippen LogP contribution < -0.4 is 0 Å². The lowest BCUT2D eigenvalue weighted by Crippen LogP contribution is -2.32. The Labute approximate surface area is 165 Å². The molecule has 0 rings (SSSR count). The third kappa shape index (κ3) is 16.9. The molecule has 0 unspecified atom stereocenters. The highest BCUT2D eigenvalue weighted by Gasteiger charge is 2.10. The summed E-state index contributed by atoms with van der Waals surface area (Å²) in [6, 6.07) is 0. The van der Waals surface area contributed by atoms with Crippen molar-refractivity contribution in [1.82, 2.24) is 4.90 Å². The standard InChI is InChI=1S/C24H49NO/c1-5-21-25(22-6-2)24(26)20-18-16-14-12-10-8-7-9-11-13-15-17-19-23(3)4/h23H,5-22H2,1-4H3. The smallest absolute Gasteiger partial charge is 0.222 e. The maximum atomic E-state index is 12.2. The average molecular weight is 368 g/mol. The Balaban J connectivity index is 3.32. The molecule has 0 atom stereocenters. The number of hydrogen-bond donors (Lipinski definition) is 0. The van der Waals surface area contributed by atoms with E-state index in [9.17, 15) is 4.79 Å². The van der Waals surface area contributed by atoms with Gasteiger partial charge in [-0.3, -0.25) is 4.79 Å². The second-order valence-corrected chi connectivity index (χ2v) is 8.56. The summed E-state index contributed by atoms with van der Waals surface area (Å²) in [7, 11) is 0. The molecule has 1 amide bonds. The molecule has 0 aliphatic heterocycles. The lowest BCUT2D eigenvalue weighted by molar-refractivity contribution is -0.131. The monoisotopic (exact) mass is 367 g/mol. The molecule has 2 nitrogen and oxygen atoms in total. The summed E-state index contributed by atoms with van der Waals surface area (Å²) in [6.45, 7) is 10.8. The molecule has 156 valence electrons. The number of unbranched alkanes of at least 4 members (excludes halogenated alkanes) is 11. The Morgan fingerprint density at radius 3 is 1.42 bits per heavy atom. The van der Waals surface area contributed by atoms with Crippen molar-refractivity contribution in [2.24, 2.45) is 5.92 Å². The Kier molecular flexibility index (Phi) is 18.8. The second kappa shape index (κ2) is 19.2. The first kappa shape index (κ1) is 25.5. The average Bonchev–Trinajstić information content (AvgIpc) is 2.61. The molecule has 0 saturated carbocycles. The third-order valence-corrected chi connectivity index (χ3v) is 5.26. The van der Waals surface area contributed by atoms with Crippen LogP contribution >= 0.6 is 0 Å². The molecule has 0 N–H and O–H groups in total. The van der Waals surface area contributed by atoms with Gasteiger partial charge in [0.05, 0.1) is 0 Å². The van der Waals surface area contributed by atoms with Gasteiger partial charge in [-0.2, -0.15) is 0 Å². The van der Waals surface area contributed by atoms with Crippen molar-refractivity contribution in [1.29, 1.82) is 0 Å². The topological polar surface area (TPSA) is 20.3 Å². The number of hydrogen-bond acceptors (Lipinski definition) is 1. The van der Waals surface area contributed by atoms with Gasteiger partial charge in [0.25, 0.3) is 0 Å². The van der Waals surface area contributed by atoms with Crippen molar-refractivity contribution in [3.05, 3.63) is 0 Å². The Hall–Kier alpha value is -0.530. The molecule has 0 aliphatic carbocycles. The van der Waals surface area contributed by atoms with E-state index in [1.54, 1.807) is 0 Å². The van der Waals surface area contributed by atoms with E-state index >= 15 is 0 Å². The number of carbonyl (C=O) groups is 1. The van der Waals surface area contributed by atoms with Gasteiger partial charge in [0, 0.05) is 19.5 Å². The summed E-state index contributed by atoms with van der Waals surface area (Å²) in [5.74, 6) is 1.25. The molecule has 0 aromatic carbocycles. The van der Waals surface area contributed by atoms with E-state index in [0.717, 1.165) is 44.7 Å². The van der Waals surface area contributed by atoms with Gasteiger partial charge >= 0.3 is 0 Å². The molecule has 0 aliphatic rings. The van der Waals surface area contributed by atoms with Crippen LogP contribution in [0, 0.1) is 5.92 Å².